The number of rotatable bonds is 10. The number of aliphatic imine (C=N–C) groups is 1. The number of nitrogens with zero attached hydrogens (tertiary/aromatic N) is 2. The predicted octanol–water partition coefficient (Wildman–Crippen LogP) is 0.745. The molecule has 0 spiro atoms. The maximum Gasteiger partial charge on any atom is 0.211 e. The summed E-state index contributed by atoms with van der Waals surface area (Å²) in [5.74, 6) is 0.960. The van der Waals surface area contributed by atoms with Crippen molar-refractivity contribution in [2.75, 3.05) is 45.0 Å². The summed E-state index contributed by atoms with van der Waals surface area (Å²) in [5, 5.41) is 6.78. The van der Waals surface area contributed by atoms with Gasteiger partial charge in [0, 0.05) is 38.8 Å². The molecule has 1 saturated heterocycles. The summed E-state index contributed by atoms with van der Waals surface area (Å²) in [7, 11) is -3.10. The smallest absolute Gasteiger partial charge is 0.211 e. The highest BCUT2D eigenvalue weighted by Crippen LogP contribution is 2.10. The minimum Gasteiger partial charge on any atom is -0.357 e. The van der Waals surface area contributed by atoms with Crippen LogP contribution in [0.3, 0.4) is 0 Å². The fourth-order valence-electron chi connectivity index (χ4n) is 2.73. The van der Waals surface area contributed by atoms with E-state index in [1.807, 2.05) is 0 Å². The largest absolute Gasteiger partial charge is 0.357 e. The lowest BCUT2D eigenvalue weighted by atomic mass is 10.1. The second-order valence-corrected chi connectivity index (χ2v) is 8.27. The summed E-state index contributed by atoms with van der Waals surface area (Å²) in [4.78, 5) is 7.07. The Hall–Kier alpha value is -0.860. The topological polar surface area (TPSA) is 85.8 Å². The summed E-state index contributed by atoms with van der Waals surface area (Å²) in [6.45, 7) is 11.3. The van der Waals surface area contributed by atoms with E-state index >= 15 is 0 Å². The summed E-state index contributed by atoms with van der Waals surface area (Å²) in [6, 6.07) is 0.467. The van der Waals surface area contributed by atoms with Crippen LogP contribution in [-0.4, -0.2) is 70.3 Å². The second kappa shape index (κ2) is 11.7. The maximum atomic E-state index is 11.4. The molecule has 0 unspecified atom stereocenters. The molecule has 8 heteroatoms. The van der Waals surface area contributed by atoms with Gasteiger partial charge in [0.25, 0.3) is 0 Å². The summed E-state index contributed by atoms with van der Waals surface area (Å²) < 4.78 is 25.3. The van der Waals surface area contributed by atoms with Crippen LogP contribution >= 0.6 is 0 Å². The first-order valence-electron chi connectivity index (χ1n) is 9.25. The lowest BCUT2D eigenvalue weighted by molar-refractivity contribution is 0.206. The van der Waals surface area contributed by atoms with E-state index in [9.17, 15) is 8.42 Å². The molecule has 142 valence electrons. The molecule has 0 atom stereocenters. The molecule has 0 aromatic carbocycles. The fraction of sp³-hybridized carbons (Fsp3) is 0.938. The van der Waals surface area contributed by atoms with E-state index in [0.29, 0.717) is 25.6 Å². The Labute approximate surface area is 147 Å². The van der Waals surface area contributed by atoms with Crippen LogP contribution in [0, 0.1) is 0 Å². The van der Waals surface area contributed by atoms with Gasteiger partial charge < -0.3 is 15.5 Å². The SMILES string of the molecule is CCCN1CCC(NC(=NCCCNS(=O)(=O)CC)NCC)CC1. The third kappa shape index (κ3) is 8.84. The fourth-order valence-corrected chi connectivity index (χ4v) is 3.39. The molecule has 24 heavy (non-hydrogen) atoms. The van der Waals surface area contributed by atoms with Gasteiger partial charge in [-0.3, -0.25) is 4.99 Å². The Morgan fingerprint density at radius 2 is 1.92 bits per heavy atom. The number of hydrogen-bond acceptors (Lipinski definition) is 4. The number of nitrogens with one attached hydrogen (secondary N) is 3. The van der Waals surface area contributed by atoms with Gasteiger partial charge in [-0.15, -0.1) is 0 Å². The quantitative estimate of drug-likeness (QED) is 0.304. The molecule has 1 aliphatic heterocycles. The molecule has 0 aromatic rings. The van der Waals surface area contributed by atoms with Gasteiger partial charge in [0.15, 0.2) is 5.96 Å². The minimum absolute atomic E-state index is 0.122. The summed E-state index contributed by atoms with van der Waals surface area (Å²) in [5.41, 5.74) is 0. The molecular weight excluding hydrogens is 326 g/mol. The lowest BCUT2D eigenvalue weighted by Gasteiger charge is -2.32. The average molecular weight is 362 g/mol. The van der Waals surface area contributed by atoms with Crippen LogP contribution in [0.5, 0.6) is 0 Å². The first-order valence-corrected chi connectivity index (χ1v) is 10.9. The van der Waals surface area contributed by atoms with Crippen LogP contribution in [0.4, 0.5) is 0 Å². The Balaban J connectivity index is 2.32. The zero-order valence-corrected chi connectivity index (χ0v) is 16.3. The highest BCUT2D eigenvalue weighted by Gasteiger charge is 2.19. The van der Waals surface area contributed by atoms with Crippen molar-refractivity contribution in [2.45, 2.75) is 52.5 Å². The first-order chi connectivity index (χ1) is 11.5. The van der Waals surface area contributed by atoms with E-state index in [-0.39, 0.29) is 5.75 Å². The van der Waals surface area contributed by atoms with Gasteiger partial charge >= 0.3 is 0 Å². The highest BCUT2D eigenvalue weighted by molar-refractivity contribution is 7.89. The van der Waals surface area contributed by atoms with Crippen LogP contribution in [0.15, 0.2) is 4.99 Å². The molecule has 7 nitrogen and oxygen atoms in total. The summed E-state index contributed by atoms with van der Waals surface area (Å²) in [6.07, 6.45) is 4.19. The number of sulfonamides is 1. The van der Waals surface area contributed by atoms with Crippen molar-refractivity contribution in [1.82, 2.24) is 20.3 Å². The Kier molecular flexibility index (Phi) is 10.3. The van der Waals surface area contributed by atoms with Gasteiger partial charge in [-0.25, -0.2) is 13.1 Å². The minimum atomic E-state index is -3.10. The molecule has 0 radical (unpaired) electrons. The van der Waals surface area contributed by atoms with E-state index in [2.05, 4.69) is 39.1 Å². The summed E-state index contributed by atoms with van der Waals surface area (Å²) >= 11 is 0. The standard InChI is InChI=1S/C16H35N5O2S/c1-4-12-21-13-8-15(9-14-21)20-16(17-5-2)18-10-7-11-19-24(22,23)6-3/h15,19H,4-14H2,1-3H3,(H2,17,18,20). The molecule has 3 N–H and O–H groups in total. The van der Waals surface area contributed by atoms with Crippen LogP contribution < -0.4 is 15.4 Å². The van der Waals surface area contributed by atoms with Gasteiger partial charge in [0.1, 0.15) is 0 Å². The first kappa shape index (κ1) is 21.2. The molecule has 0 aromatic heterocycles. The van der Waals surface area contributed by atoms with Crippen molar-refractivity contribution in [3.63, 3.8) is 0 Å². The Bertz CT molecular complexity index is 459. The zero-order chi connectivity index (χ0) is 17.8. The zero-order valence-electron chi connectivity index (χ0n) is 15.5. The van der Waals surface area contributed by atoms with E-state index in [1.54, 1.807) is 6.92 Å². The monoisotopic (exact) mass is 361 g/mol. The van der Waals surface area contributed by atoms with Crippen LogP contribution in [0.1, 0.15) is 46.5 Å². The molecule has 1 heterocycles. The van der Waals surface area contributed by atoms with Crippen molar-refractivity contribution in [2.24, 2.45) is 4.99 Å². The molecular formula is C16H35N5O2S. The van der Waals surface area contributed by atoms with Crippen molar-refractivity contribution >= 4 is 16.0 Å². The van der Waals surface area contributed by atoms with Gasteiger partial charge in [-0.05, 0) is 46.1 Å². The molecule has 0 bridgehead atoms. The molecule has 1 fully saturated rings. The normalized spacial score (nSPS) is 17.9. The van der Waals surface area contributed by atoms with Gasteiger partial charge in [-0.2, -0.15) is 0 Å². The molecule has 1 aliphatic rings. The third-order valence-electron chi connectivity index (χ3n) is 4.12. The van der Waals surface area contributed by atoms with Crippen LogP contribution in [0.25, 0.3) is 0 Å². The number of likely N-dealkylation sites (tertiary alicyclic amines) is 1. The lowest BCUT2D eigenvalue weighted by Crippen LogP contribution is -2.48. The number of guanidine groups is 1. The van der Waals surface area contributed by atoms with E-state index in [0.717, 1.165) is 38.4 Å². The third-order valence-corrected chi connectivity index (χ3v) is 5.52. The Morgan fingerprint density at radius 1 is 1.21 bits per heavy atom. The van der Waals surface area contributed by atoms with Crippen molar-refractivity contribution in [3.8, 4) is 0 Å². The van der Waals surface area contributed by atoms with Crippen molar-refractivity contribution < 1.29 is 8.42 Å². The predicted molar refractivity (Wildman–Crippen MR) is 101 cm³/mol. The van der Waals surface area contributed by atoms with Crippen LogP contribution in [0.2, 0.25) is 0 Å². The maximum absolute atomic E-state index is 11.4. The van der Waals surface area contributed by atoms with E-state index in [4.69, 9.17) is 0 Å². The van der Waals surface area contributed by atoms with Crippen molar-refractivity contribution in [3.05, 3.63) is 0 Å². The highest BCUT2D eigenvalue weighted by atomic mass is 32.2. The Morgan fingerprint density at radius 3 is 2.50 bits per heavy atom. The number of piperidine rings is 1. The van der Waals surface area contributed by atoms with Gasteiger partial charge in [-0.1, -0.05) is 6.92 Å². The average Bonchev–Trinajstić information content (AvgIpc) is 2.56. The molecule has 0 saturated carbocycles. The van der Waals surface area contributed by atoms with Crippen molar-refractivity contribution in [1.29, 1.82) is 0 Å². The van der Waals surface area contributed by atoms with E-state index in [1.165, 1.54) is 13.0 Å². The molecule has 0 aliphatic carbocycles. The van der Waals surface area contributed by atoms with Gasteiger partial charge in [0.2, 0.25) is 10.0 Å². The van der Waals surface area contributed by atoms with E-state index < -0.39 is 10.0 Å². The van der Waals surface area contributed by atoms with Gasteiger partial charge in [0.05, 0.1) is 5.75 Å². The number of hydrogen-bond donors (Lipinski definition) is 3. The molecule has 1 rings (SSSR count). The van der Waals surface area contributed by atoms with Crippen LogP contribution in [-0.2, 0) is 10.0 Å². The molecule has 0 amide bonds. The second-order valence-electron chi connectivity index (χ2n) is 6.17.